The minimum Gasteiger partial charge on any atom is -0.496 e. The minimum absolute atomic E-state index is 0.0702. The second-order valence-corrected chi connectivity index (χ2v) is 6.89. The van der Waals surface area contributed by atoms with Gasteiger partial charge in [0.05, 0.1) is 7.11 Å². The van der Waals surface area contributed by atoms with E-state index in [9.17, 15) is 0 Å². The lowest BCUT2D eigenvalue weighted by atomic mass is 9.81. The molecular formula is C18H32N2O. The van der Waals surface area contributed by atoms with Gasteiger partial charge in [-0.2, -0.15) is 0 Å². The molecule has 21 heavy (non-hydrogen) atoms. The first-order chi connectivity index (χ1) is 9.87. The molecule has 3 heteroatoms. The van der Waals surface area contributed by atoms with E-state index in [2.05, 4.69) is 45.9 Å². The molecule has 1 aromatic carbocycles. The second kappa shape index (κ2) is 7.81. The van der Waals surface area contributed by atoms with Crippen LogP contribution in [0.3, 0.4) is 0 Å². The van der Waals surface area contributed by atoms with Crippen molar-refractivity contribution in [3.8, 4) is 5.75 Å². The maximum atomic E-state index is 5.81. The number of hydrogen-bond acceptors (Lipinski definition) is 3. The van der Waals surface area contributed by atoms with Crippen LogP contribution < -0.4 is 16.2 Å². The topological polar surface area (TPSA) is 61.3 Å². The Kier molecular flexibility index (Phi) is 6.69. The number of benzene rings is 1. The van der Waals surface area contributed by atoms with Crippen molar-refractivity contribution in [3.05, 3.63) is 29.3 Å². The van der Waals surface area contributed by atoms with Gasteiger partial charge in [0.25, 0.3) is 0 Å². The normalized spacial score (nSPS) is 13.5. The van der Waals surface area contributed by atoms with Gasteiger partial charge in [-0.25, -0.2) is 0 Å². The number of ether oxygens (including phenoxy) is 1. The summed E-state index contributed by atoms with van der Waals surface area (Å²) in [6, 6.07) is 6.59. The second-order valence-electron chi connectivity index (χ2n) is 6.89. The lowest BCUT2D eigenvalue weighted by molar-refractivity contribution is 0.396. The zero-order valence-corrected chi connectivity index (χ0v) is 14.3. The molecule has 3 nitrogen and oxygen atoms in total. The zero-order chi connectivity index (χ0) is 16.0. The molecule has 0 aromatic heterocycles. The smallest absolute Gasteiger partial charge is 0.122 e. The molecule has 0 radical (unpaired) electrons. The highest BCUT2D eigenvalue weighted by Crippen LogP contribution is 2.36. The summed E-state index contributed by atoms with van der Waals surface area (Å²) in [5, 5.41) is 0. The van der Waals surface area contributed by atoms with E-state index < -0.39 is 0 Å². The van der Waals surface area contributed by atoms with Gasteiger partial charge in [0.1, 0.15) is 5.75 Å². The van der Waals surface area contributed by atoms with Crippen LogP contribution in [0.2, 0.25) is 0 Å². The monoisotopic (exact) mass is 292 g/mol. The molecule has 1 unspecified atom stereocenters. The van der Waals surface area contributed by atoms with E-state index in [1.807, 2.05) is 0 Å². The quantitative estimate of drug-likeness (QED) is 0.809. The molecule has 120 valence electrons. The van der Waals surface area contributed by atoms with Gasteiger partial charge >= 0.3 is 0 Å². The summed E-state index contributed by atoms with van der Waals surface area (Å²) >= 11 is 0. The Morgan fingerprint density at radius 3 is 2.19 bits per heavy atom. The SMILES string of the molecule is CCC(CC(CN)CN)c1ccc(OC)c(C(C)(C)C)c1. The van der Waals surface area contributed by atoms with E-state index in [4.69, 9.17) is 16.2 Å². The van der Waals surface area contributed by atoms with Gasteiger partial charge in [0.15, 0.2) is 0 Å². The van der Waals surface area contributed by atoms with Gasteiger partial charge in [-0.1, -0.05) is 39.8 Å². The summed E-state index contributed by atoms with van der Waals surface area (Å²) in [6.07, 6.45) is 2.16. The van der Waals surface area contributed by atoms with E-state index in [0.717, 1.165) is 18.6 Å². The first-order valence-corrected chi connectivity index (χ1v) is 7.95. The Morgan fingerprint density at radius 2 is 1.76 bits per heavy atom. The lowest BCUT2D eigenvalue weighted by Crippen LogP contribution is -2.25. The van der Waals surface area contributed by atoms with Crippen molar-refractivity contribution in [1.82, 2.24) is 0 Å². The van der Waals surface area contributed by atoms with E-state index in [-0.39, 0.29) is 5.41 Å². The summed E-state index contributed by atoms with van der Waals surface area (Å²) in [7, 11) is 1.74. The van der Waals surface area contributed by atoms with Gasteiger partial charge in [0.2, 0.25) is 0 Å². The molecule has 4 N–H and O–H groups in total. The van der Waals surface area contributed by atoms with E-state index in [1.165, 1.54) is 11.1 Å². The Balaban J connectivity index is 3.11. The average Bonchev–Trinajstić information content (AvgIpc) is 2.47. The van der Waals surface area contributed by atoms with Crippen LogP contribution in [0, 0.1) is 5.92 Å². The molecule has 0 saturated heterocycles. The summed E-state index contributed by atoms with van der Waals surface area (Å²) in [6.45, 7) is 10.2. The first kappa shape index (κ1) is 18.0. The number of hydrogen-bond donors (Lipinski definition) is 2. The van der Waals surface area contributed by atoms with Crippen LogP contribution in [0.15, 0.2) is 18.2 Å². The fraction of sp³-hybridized carbons (Fsp3) is 0.667. The van der Waals surface area contributed by atoms with Gasteiger partial charge in [-0.3, -0.25) is 0 Å². The Labute approximate surface area is 130 Å². The van der Waals surface area contributed by atoms with E-state index in [1.54, 1.807) is 7.11 Å². The molecule has 0 heterocycles. The number of methoxy groups -OCH3 is 1. The molecule has 0 spiro atoms. The molecule has 0 amide bonds. The van der Waals surface area contributed by atoms with Crippen LogP contribution in [0.5, 0.6) is 5.75 Å². The maximum Gasteiger partial charge on any atom is 0.122 e. The standard InChI is InChI=1S/C18H32N2O/c1-6-14(9-13(11-19)12-20)15-7-8-17(21-5)16(10-15)18(2,3)4/h7-8,10,13-14H,6,9,11-12,19-20H2,1-5H3. The van der Waals surface area contributed by atoms with Crippen molar-refractivity contribution in [2.24, 2.45) is 17.4 Å². The highest BCUT2D eigenvalue weighted by Gasteiger charge is 2.22. The van der Waals surface area contributed by atoms with Gasteiger partial charge in [-0.15, -0.1) is 0 Å². The van der Waals surface area contributed by atoms with Crippen molar-refractivity contribution < 1.29 is 4.74 Å². The molecule has 0 aliphatic rings. The summed E-state index contributed by atoms with van der Waals surface area (Å²) in [4.78, 5) is 0. The lowest BCUT2D eigenvalue weighted by Gasteiger charge is -2.26. The number of rotatable bonds is 7. The molecule has 0 bridgehead atoms. The summed E-state index contributed by atoms with van der Waals surface area (Å²) < 4.78 is 5.52. The van der Waals surface area contributed by atoms with Crippen LogP contribution in [0.25, 0.3) is 0 Å². The van der Waals surface area contributed by atoms with Crippen LogP contribution in [-0.2, 0) is 5.41 Å². The van der Waals surface area contributed by atoms with Crippen molar-refractivity contribution in [3.63, 3.8) is 0 Å². The zero-order valence-electron chi connectivity index (χ0n) is 14.3. The number of nitrogens with two attached hydrogens (primary N) is 2. The van der Waals surface area contributed by atoms with Gasteiger partial charge in [-0.05, 0) is 60.4 Å². The Hall–Kier alpha value is -1.06. The first-order valence-electron chi connectivity index (χ1n) is 7.95. The molecule has 0 aliphatic heterocycles. The van der Waals surface area contributed by atoms with E-state index >= 15 is 0 Å². The maximum absolute atomic E-state index is 5.81. The fourth-order valence-electron chi connectivity index (χ4n) is 2.80. The Morgan fingerprint density at radius 1 is 1.14 bits per heavy atom. The highest BCUT2D eigenvalue weighted by atomic mass is 16.5. The van der Waals surface area contributed by atoms with Gasteiger partial charge in [0, 0.05) is 0 Å². The summed E-state index contributed by atoms with van der Waals surface area (Å²) in [5.41, 5.74) is 14.3. The van der Waals surface area contributed by atoms with Crippen molar-refractivity contribution >= 4 is 0 Å². The predicted octanol–water partition coefficient (Wildman–Crippen LogP) is 3.41. The van der Waals surface area contributed by atoms with Crippen molar-refractivity contribution in [2.75, 3.05) is 20.2 Å². The van der Waals surface area contributed by atoms with Gasteiger partial charge < -0.3 is 16.2 Å². The van der Waals surface area contributed by atoms with Crippen molar-refractivity contribution in [2.45, 2.75) is 51.9 Å². The molecule has 1 atom stereocenters. The van der Waals surface area contributed by atoms with Crippen LogP contribution >= 0.6 is 0 Å². The largest absolute Gasteiger partial charge is 0.496 e. The molecule has 0 aliphatic carbocycles. The third-order valence-electron chi connectivity index (χ3n) is 4.28. The van der Waals surface area contributed by atoms with Crippen LogP contribution in [-0.4, -0.2) is 20.2 Å². The third-order valence-corrected chi connectivity index (χ3v) is 4.28. The molecular weight excluding hydrogens is 260 g/mol. The van der Waals surface area contributed by atoms with Crippen LogP contribution in [0.1, 0.15) is 57.6 Å². The van der Waals surface area contributed by atoms with Crippen molar-refractivity contribution in [1.29, 1.82) is 0 Å². The molecule has 0 fully saturated rings. The minimum atomic E-state index is 0.0702. The molecule has 1 rings (SSSR count). The summed E-state index contributed by atoms with van der Waals surface area (Å²) in [5.74, 6) is 1.87. The third kappa shape index (κ3) is 4.72. The fourth-order valence-corrected chi connectivity index (χ4v) is 2.80. The predicted molar refractivity (Wildman–Crippen MR) is 90.9 cm³/mol. The molecule has 1 aromatic rings. The van der Waals surface area contributed by atoms with Crippen LogP contribution in [0.4, 0.5) is 0 Å². The van der Waals surface area contributed by atoms with E-state index in [0.29, 0.717) is 24.9 Å². The average molecular weight is 292 g/mol. The Bertz CT molecular complexity index is 433. The highest BCUT2D eigenvalue weighted by molar-refractivity contribution is 5.42. The molecule has 0 saturated carbocycles.